The van der Waals surface area contributed by atoms with Crippen molar-refractivity contribution in [3.8, 4) is 5.69 Å². The SMILES string of the molecule is CCc1nc(SCC(=O)c2cc(C)n(-c3ccc(Br)cc3)c2C)n[nH]1. The van der Waals surface area contributed by atoms with Gasteiger partial charge < -0.3 is 4.57 Å². The third-order valence-corrected chi connectivity index (χ3v) is 5.37. The van der Waals surface area contributed by atoms with Crippen molar-refractivity contribution in [1.82, 2.24) is 19.7 Å². The van der Waals surface area contributed by atoms with Crippen LogP contribution in [0.3, 0.4) is 0 Å². The van der Waals surface area contributed by atoms with Gasteiger partial charge >= 0.3 is 0 Å². The van der Waals surface area contributed by atoms with Gasteiger partial charge in [-0.1, -0.05) is 34.6 Å². The van der Waals surface area contributed by atoms with Gasteiger partial charge in [0.25, 0.3) is 0 Å². The van der Waals surface area contributed by atoms with Crippen LogP contribution >= 0.6 is 27.7 Å². The van der Waals surface area contributed by atoms with E-state index in [1.807, 2.05) is 51.1 Å². The molecule has 2 heterocycles. The molecule has 0 spiro atoms. The fourth-order valence-corrected chi connectivity index (χ4v) is 3.71. The van der Waals surface area contributed by atoms with Crippen LogP contribution in [0.1, 0.15) is 34.5 Å². The zero-order valence-corrected chi connectivity index (χ0v) is 16.7. The Bertz CT molecular complexity index is 898. The Kier molecular flexibility index (Phi) is 5.44. The maximum atomic E-state index is 12.7. The van der Waals surface area contributed by atoms with E-state index in [0.29, 0.717) is 10.9 Å². The summed E-state index contributed by atoms with van der Waals surface area (Å²) in [5.74, 6) is 1.25. The first-order chi connectivity index (χ1) is 12.0. The number of rotatable bonds is 6. The lowest BCUT2D eigenvalue weighted by Gasteiger charge is -2.10. The van der Waals surface area contributed by atoms with Crippen LogP contribution in [0.25, 0.3) is 5.69 Å². The van der Waals surface area contributed by atoms with Crippen LogP contribution < -0.4 is 0 Å². The largest absolute Gasteiger partial charge is 0.318 e. The van der Waals surface area contributed by atoms with Gasteiger partial charge in [0.1, 0.15) is 5.82 Å². The zero-order valence-electron chi connectivity index (χ0n) is 14.3. The Morgan fingerprint density at radius 2 is 2.00 bits per heavy atom. The molecule has 1 aromatic carbocycles. The standard InChI is InChI=1S/C18H19BrN4OS/c1-4-17-20-18(22-21-17)25-10-16(24)15-9-11(2)23(12(15)3)14-7-5-13(19)6-8-14/h5-9H,4,10H2,1-3H3,(H,20,21,22). The van der Waals surface area contributed by atoms with Crippen molar-refractivity contribution < 1.29 is 4.79 Å². The van der Waals surface area contributed by atoms with E-state index in [9.17, 15) is 4.79 Å². The number of H-pyrrole nitrogens is 1. The number of carbonyl (C=O) groups is 1. The highest BCUT2D eigenvalue weighted by Crippen LogP contribution is 2.24. The molecule has 130 valence electrons. The number of ketones is 1. The Morgan fingerprint density at radius 1 is 1.28 bits per heavy atom. The quantitative estimate of drug-likeness (QED) is 0.472. The topological polar surface area (TPSA) is 63.6 Å². The van der Waals surface area contributed by atoms with Crippen molar-refractivity contribution in [2.75, 3.05) is 5.75 Å². The molecule has 3 rings (SSSR count). The van der Waals surface area contributed by atoms with Crippen LogP contribution in [0.15, 0.2) is 40.0 Å². The molecule has 0 radical (unpaired) electrons. The summed E-state index contributed by atoms with van der Waals surface area (Å²) in [4.78, 5) is 17.0. The van der Waals surface area contributed by atoms with Gasteiger partial charge in [0.05, 0.1) is 5.75 Å². The Morgan fingerprint density at radius 3 is 2.64 bits per heavy atom. The van der Waals surface area contributed by atoms with E-state index in [-0.39, 0.29) is 5.78 Å². The predicted octanol–water partition coefficient (Wildman–Crippen LogP) is 4.51. The van der Waals surface area contributed by atoms with E-state index < -0.39 is 0 Å². The highest BCUT2D eigenvalue weighted by molar-refractivity contribution is 9.10. The van der Waals surface area contributed by atoms with Gasteiger partial charge in [0, 0.05) is 33.5 Å². The van der Waals surface area contributed by atoms with Crippen LogP contribution in [0.5, 0.6) is 0 Å². The third-order valence-electron chi connectivity index (χ3n) is 3.99. The zero-order chi connectivity index (χ0) is 18.0. The number of nitrogens with one attached hydrogen (secondary N) is 1. The lowest BCUT2D eigenvalue weighted by atomic mass is 10.2. The number of carbonyl (C=O) groups excluding carboxylic acids is 1. The van der Waals surface area contributed by atoms with Gasteiger partial charge in [-0.05, 0) is 44.2 Å². The number of hydrogen-bond donors (Lipinski definition) is 1. The summed E-state index contributed by atoms with van der Waals surface area (Å²) in [5, 5.41) is 7.60. The summed E-state index contributed by atoms with van der Waals surface area (Å²) < 4.78 is 3.14. The van der Waals surface area contributed by atoms with Crippen molar-refractivity contribution in [3.05, 3.63) is 57.6 Å². The van der Waals surface area contributed by atoms with Gasteiger partial charge in [-0.15, -0.1) is 5.10 Å². The molecule has 0 saturated heterocycles. The van der Waals surface area contributed by atoms with Crippen LogP contribution in [-0.4, -0.2) is 31.3 Å². The third kappa shape index (κ3) is 3.88. The van der Waals surface area contributed by atoms with Crippen molar-refractivity contribution in [2.24, 2.45) is 0 Å². The minimum absolute atomic E-state index is 0.0873. The molecule has 0 aliphatic heterocycles. The molecule has 0 unspecified atom stereocenters. The predicted molar refractivity (Wildman–Crippen MR) is 104 cm³/mol. The number of halogens is 1. The molecular formula is C18H19BrN4OS. The van der Waals surface area contributed by atoms with E-state index in [1.54, 1.807) is 0 Å². The normalized spacial score (nSPS) is 11.0. The number of Topliss-reactive ketones (excluding diaryl/α,β-unsaturated/α-hetero) is 1. The second kappa shape index (κ2) is 7.58. The smallest absolute Gasteiger partial charge is 0.208 e. The number of aryl methyl sites for hydroxylation is 2. The Labute approximate surface area is 159 Å². The summed E-state index contributed by atoms with van der Waals surface area (Å²) in [7, 11) is 0. The highest BCUT2D eigenvalue weighted by Gasteiger charge is 2.17. The summed E-state index contributed by atoms with van der Waals surface area (Å²) in [6.07, 6.45) is 0.801. The first-order valence-corrected chi connectivity index (χ1v) is 9.79. The summed E-state index contributed by atoms with van der Waals surface area (Å²) >= 11 is 4.82. The molecular weight excluding hydrogens is 400 g/mol. The summed E-state index contributed by atoms with van der Waals surface area (Å²) in [6.45, 7) is 6.01. The number of benzene rings is 1. The minimum atomic E-state index is 0.0873. The number of aromatic amines is 1. The number of hydrogen-bond acceptors (Lipinski definition) is 4. The lowest BCUT2D eigenvalue weighted by molar-refractivity contribution is 0.102. The van der Waals surface area contributed by atoms with Crippen molar-refractivity contribution in [3.63, 3.8) is 0 Å². The fourth-order valence-electron chi connectivity index (χ4n) is 2.74. The number of aromatic nitrogens is 4. The Balaban J connectivity index is 1.79. The number of nitrogens with zero attached hydrogens (tertiary/aromatic N) is 3. The van der Waals surface area contributed by atoms with Crippen molar-refractivity contribution in [2.45, 2.75) is 32.3 Å². The van der Waals surface area contributed by atoms with E-state index in [4.69, 9.17) is 0 Å². The molecule has 0 atom stereocenters. The second-order valence-corrected chi connectivity index (χ2v) is 7.58. The Hall–Kier alpha value is -1.86. The maximum Gasteiger partial charge on any atom is 0.208 e. The van der Waals surface area contributed by atoms with Crippen LogP contribution in [0.2, 0.25) is 0 Å². The minimum Gasteiger partial charge on any atom is -0.318 e. The van der Waals surface area contributed by atoms with Gasteiger partial charge in [-0.2, -0.15) is 0 Å². The first kappa shape index (κ1) is 17.9. The van der Waals surface area contributed by atoms with Gasteiger partial charge in [0.15, 0.2) is 5.78 Å². The molecule has 0 fully saturated rings. The van der Waals surface area contributed by atoms with Gasteiger partial charge in [-0.3, -0.25) is 9.89 Å². The fraction of sp³-hybridized carbons (Fsp3) is 0.278. The molecule has 3 aromatic rings. The average molecular weight is 419 g/mol. The average Bonchev–Trinajstić information content (AvgIpc) is 3.18. The lowest BCUT2D eigenvalue weighted by Crippen LogP contribution is -2.05. The summed E-state index contributed by atoms with van der Waals surface area (Å²) in [6, 6.07) is 10.0. The molecule has 0 bridgehead atoms. The second-order valence-electron chi connectivity index (χ2n) is 5.73. The molecule has 7 heteroatoms. The van der Waals surface area contributed by atoms with E-state index in [2.05, 4.69) is 35.7 Å². The van der Waals surface area contributed by atoms with E-state index >= 15 is 0 Å². The van der Waals surface area contributed by atoms with Crippen molar-refractivity contribution >= 4 is 33.5 Å². The van der Waals surface area contributed by atoms with Crippen LogP contribution in [-0.2, 0) is 6.42 Å². The molecule has 2 aromatic heterocycles. The van der Waals surface area contributed by atoms with E-state index in [1.165, 1.54) is 11.8 Å². The molecule has 1 N–H and O–H groups in total. The monoisotopic (exact) mass is 418 g/mol. The summed E-state index contributed by atoms with van der Waals surface area (Å²) in [5.41, 5.74) is 3.79. The molecule has 0 aliphatic rings. The van der Waals surface area contributed by atoms with Gasteiger partial charge in [-0.25, -0.2) is 4.98 Å². The van der Waals surface area contributed by atoms with Crippen molar-refractivity contribution in [1.29, 1.82) is 0 Å². The van der Waals surface area contributed by atoms with Gasteiger partial charge in [0.2, 0.25) is 5.16 Å². The highest BCUT2D eigenvalue weighted by atomic mass is 79.9. The molecule has 0 aliphatic carbocycles. The molecule has 5 nitrogen and oxygen atoms in total. The molecule has 25 heavy (non-hydrogen) atoms. The number of thioether (sulfide) groups is 1. The molecule has 0 saturated carbocycles. The van der Waals surface area contributed by atoms with E-state index in [0.717, 1.165) is 39.4 Å². The first-order valence-electron chi connectivity index (χ1n) is 8.01. The molecule has 0 amide bonds. The maximum absolute atomic E-state index is 12.7. The van der Waals surface area contributed by atoms with Crippen LogP contribution in [0, 0.1) is 13.8 Å². The van der Waals surface area contributed by atoms with Crippen LogP contribution in [0.4, 0.5) is 0 Å².